The summed E-state index contributed by atoms with van der Waals surface area (Å²) in [5.41, 5.74) is 3.00. The minimum Gasteiger partial charge on any atom is -0.446 e. The molecule has 0 aliphatic heterocycles. The minimum atomic E-state index is -0.353. The summed E-state index contributed by atoms with van der Waals surface area (Å²) >= 11 is 6.17. The first-order valence-corrected chi connectivity index (χ1v) is 13.9. The summed E-state index contributed by atoms with van der Waals surface area (Å²) < 4.78 is 13.8. The zero-order valence-electron chi connectivity index (χ0n) is 22.0. The van der Waals surface area contributed by atoms with Gasteiger partial charge in [0.2, 0.25) is 0 Å². The van der Waals surface area contributed by atoms with E-state index in [9.17, 15) is 4.39 Å². The van der Waals surface area contributed by atoms with Gasteiger partial charge in [-0.25, -0.2) is 19.3 Å². The molecule has 39 heavy (non-hydrogen) atoms. The predicted octanol–water partition coefficient (Wildman–Crippen LogP) is 5.51. The molecule has 210 valence electrons. The van der Waals surface area contributed by atoms with E-state index in [-0.39, 0.29) is 32.8 Å². The summed E-state index contributed by atoms with van der Waals surface area (Å²) in [5, 5.41) is 7.52. The monoisotopic (exact) mass is 659 g/mol. The Bertz CT molecular complexity index is 1380. The second kappa shape index (κ2) is 17.7. The Morgan fingerprint density at radius 3 is 2.49 bits per heavy atom. The summed E-state index contributed by atoms with van der Waals surface area (Å²) in [5.74, 6) is 1.06. The largest absolute Gasteiger partial charge is 0.446 e. The fourth-order valence-corrected chi connectivity index (χ4v) is 4.37. The topological polar surface area (TPSA) is 103 Å². The maximum atomic E-state index is 13.8. The molecule has 4 aromatic heterocycles. The Kier molecular flexibility index (Phi) is 14.7. The number of pyridine rings is 1. The van der Waals surface area contributed by atoms with Gasteiger partial charge in [-0.3, -0.25) is 4.98 Å². The maximum absolute atomic E-state index is 13.8. The average molecular weight is 661 g/mol. The number of hydrogen-bond donors (Lipinski definition) is 2. The Balaban J connectivity index is 0.00000102. The Labute approximate surface area is 251 Å². The average Bonchev–Trinajstić information content (AvgIpc) is 3.62. The van der Waals surface area contributed by atoms with Crippen molar-refractivity contribution in [3.8, 4) is 11.3 Å². The van der Waals surface area contributed by atoms with Crippen LogP contribution in [0.25, 0.3) is 21.6 Å². The molecular weight excluding hydrogens is 629 g/mol. The first kappa shape index (κ1) is 32.4. The molecule has 0 saturated heterocycles. The van der Waals surface area contributed by atoms with Gasteiger partial charge in [0.25, 0.3) is 0 Å². The van der Waals surface area contributed by atoms with Crippen LogP contribution in [-0.2, 0) is 39.8 Å². The Hall–Kier alpha value is -2.81. The molecule has 0 amide bonds. The summed E-state index contributed by atoms with van der Waals surface area (Å²) in [6, 6.07) is 13.0. The molecule has 1 aromatic carbocycles. The summed E-state index contributed by atoms with van der Waals surface area (Å²) in [4.78, 5) is 27.2. The number of halogens is 2. The third-order valence-electron chi connectivity index (χ3n) is 5.19. The van der Waals surface area contributed by atoms with Crippen LogP contribution in [0.3, 0.4) is 0 Å². The van der Waals surface area contributed by atoms with Gasteiger partial charge in [-0.15, -0.1) is 11.6 Å². The van der Waals surface area contributed by atoms with Crippen LogP contribution in [0.15, 0.2) is 61.2 Å². The maximum Gasteiger partial charge on any atom is 0.157 e. The predicted molar refractivity (Wildman–Crippen MR) is 153 cm³/mol. The van der Waals surface area contributed by atoms with Crippen LogP contribution >= 0.6 is 22.9 Å². The number of hydrogen-bond acceptors (Lipinski definition) is 8. The fourth-order valence-electron chi connectivity index (χ4n) is 3.47. The molecule has 0 radical (unpaired) electrons. The SMILES string of the molecule is CC.CCl.Fc1cccnc1CNc1ncnc2sc(CCNCCc3ncc(-c4ccccc4)[n-]3)nc12.[Pd]. The van der Waals surface area contributed by atoms with Crippen LogP contribution in [0.5, 0.6) is 0 Å². The first-order valence-electron chi connectivity index (χ1n) is 12.3. The van der Waals surface area contributed by atoms with Crippen LogP contribution in [0.4, 0.5) is 10.2 Å². The van der Waals surface area contributed by atoms with Gasteiger partial charge >= 0.3 is 0 Å². The zero-order chi connectivity index (χ0) is 27.2. The van der Waals surface area contributed by atoms with Gasteiger partial charge in [0, 0.05) is 46.0 Å². The van der Waals surface area contributed by atoms with E-state index in [1.54, 1.807) is 12.3 Å². The molecule has 0 bridgehead atoms. The number of rotatable bonds is 10. The van der Waals surface area contributed by atoms with Crippen molar-refractivity contribution in [1.82, 2.24) is 35.2 Å². The van der Waals surface area contributed by atoms with Crippen molar-refractivity contribution in [3.63, 3.8) is 0 Å². The molecule has 0 unspecified atom stereocenters. The molecule has 8 nitrogen and oxygen atoms in total. The van der Waals surface area contributed by atoms with Gasteiger partial charge in [0.1, 0.15) is 22.5 Å². The molecular formula is C27H31ClFN8PdS-. The molecule has 12 heteroatoms. The fraction of sp³-hybridized carbons (Fsp3) is 0.296. The summed E-state index contributed by atoms with van der Waals surface area (Å²) in [7, 11) is 0. The van der Waals surface area contributed by atoms with E-state index in [1.807, 2.05) is 50.4 Å². The molecule has 0 saturated carbocycles. The van der Waals surface area contributed by atoms with Gasteiger partial charge in [-0.2, -0.15) is 0 Å². The second-order valence-electron chi connectivity index (χ2n) is 7.56. The van der Waals surface area contributed by atoms with Crippen molar-refractivity contribution in [2.24, 2.45) is 0 Å². The van der Waals surface area contributed by atoms with Crippen LogP contribution in [0.2, 0.25) is 0 Å². The second-order valence-corrected chi connectivity index (χ2v) is 8.62. The van der Waals surface area contributed by atoms with Gasteiger partial charge in [-0.05, 0) is 36.4 Å². The Morgan fingerprint density at radius 1 is 0.949 bits per heavy atom. The molecule has 0 aliphatic rings. The van der Waals surface area contributed by atoms with Crippen molar-refractivity contribution in [2.75, 3.05) is 24.8 Å². The van der Waals surface area contributed by atoms with Crippen LogP contribution in [0, 0.1) is 5.82 Å². The van der Waals surface area contributed by atoms with Crippen LogP contribution in [-0.4, -0.2) is 44.4 Å². The van der Waals surface area contributed by atoms with Crippen molar-refractivity contribution in [2.45, 2.75) is 33.2 Å². The zero-order valence-corrected chi connectivity index (χ0v) is 25.1. The van der Waals surface area contributed by atoms with Crippen molar-refractivity contribution in [1.29, 1.82) is 0 Å². The summed E-state index contributed by atoms with van der Waals surface area (Å²) in [6.45, 7) is 5.79. The third-order valence-corrected chi connectivity index (χ3v) is 6.22. The van der Waals surface area contributed by atoms with E-state index in [0.29, 0.717) is 17.0 Å². The van der Waals surface area contributed by atoms with Gasteiger partial charge in [0.05, 0.1) is 17.2 Å². The summed E-state index contributed by atoms with van der Waals surface area (Å²) in [6.07, 6.45) is 7.88. The van der Waals surface area contributed by atoms with E-state index in [0.717, 1.165) is 52.9 Å². The van der Waals surface area contributed by atoms with E-state index < -0.39 is 0 Å². The van der Waals surface area contributed by atoms with Gasteiger partial charge < -0.3 is 20.6 Å². The van der Waals surface area contributed by atoms with Crippen molar-refractivity contribution < 1.29 is 24.8 Å². The molecule has 5 rings (SSSR count). The quantitative estimate of drug-likeness (QED) is 0.115. The number of nitrogens with one attached hydrogen (secondary N) is 2. The molecule has 0 fully saturated rings. The van der Waals surface area contributed by atoms with E-state index in [2.05, 4.69) is 47.2 Å². The smallest absolute Gasteiger partial charge is 0.157 e. The first-order chi connectivity index (χ1) is 18.8. The minimum absolute atomic E-state index is 0. The number of benzene rings is 1. The number of fused-ring (bicyclic) bond motifs is 1. The Morgan fingerprint density at radius 2 is 1.72 bits per heavy atom. The number of aromatic nitrogens is 6. The van der Waals surface area contributed by atoms with Gasteiger partial charge in [0.15, 0.2) is 5.82 Å². The molecule has 0 atom stereocenters. The number of anilines is 1. The third kappa shape index (κ3) is 9.41. The molecule has 5 aromatic rings. The normalized spacial score (nSPS) is 10.1. The molecule has 4 heterocycles. The molecule has 0 aliphatic carbocycles. The number of nitrogens with zero attached hydrogens (tertiary/aromatic N) is 6. The number of alkyl halides is 1. The molecule has 0 spiro atoms. The van der Waals surface area contributed by atoms with Crippen molar-refractivity contribution in [3.05, 3.63) is 83.5 Å². The number of imidazole rings is 1. The number of thiazole rings is 1. The van der Waals surface area contributed by atoms with Crippen LogP contribution in [0.1, 0.15) is 30.4 Å². The van der Waals surface area contributed by atoms with E-state index in [4.69, 9.17) is 4.98 Å². The van der Waals surface area contributed by atoms with Gasteiger partial charge in [-0.1, -0.05) is 67.5 Å². The standard InChI is InChI=1S/C24H22FN8S.C2H6.CH3Cl.Pd/c25-17-7-4-10-27-19(17)14-29-23-22-24(31-15-30-23)34-21(33-22)9-12-26-11-8-20-28-13-18(32-20)16-5-2-1-3-6-16;2*1-2;/h1-7,10,13,15,26H,8-9,11-12,14H2,(H-,28,29,30,31,32);1-2H3;1H3;/q-1;;;. The van der Waals surface area contributed by atoms with E-state index in [1.165, 1.54) is 30.1 Å². The van der Waals surface area contributed by atoms with E-state index >= 15 is 0 Å². The van der Waals surface area contributed by atoms with Crippen molar-refractivity contribution >= 4 is 39.1 Å². The molecule has 2 N–H and O–H groups in total. The van der Waals surface area contributed by atoms with Crippen LogP contribution < -0.4 is 15.6 Å².